The lowest BCUT2D eigenvalue weighted by molar-refractivity contribution is -0.0178. The molecular formula is C16H16N4O3S2. The van der Waals surface area contributed by atoms with Crippen LogP contribution in [0.1, 0.15) is 22.8 Å². The van der Waals surface area contributed by atoms with Gasteiger partial charge in [0.05, 0.1) is 12.7 Å². The van der Waals surface area contributed by atoms with Gasteiger partial charge in [-0.15, -0.1) is 23.5 Å². The quantitative estimate of drug-likeness (QED) is 0.599. The Labute approximate surface area is 153 Å². The van der Waals surface area contributed by atoms with Crippen molar-refractivity contribution < 1.29 is 14.6 Å². The Hall–Kier alpha value is -1.99. The van der Waals surface area contributed by atoms with Gasteiger partial charge in [0.2, 0.25) is 5.95 Å². The first-order chi connectivity index (χ1) is 12.1. The van der Waals surface area contributed by atoms with Crippen molar-refractivity contribution in [3.05, 3.63) is 34.9 Å². The summed E-state index contributed by atoms with van der Waals surface area (Å²) in [6.45, 7) is 0.609. The van der Waals surface area contributed by atoms with E-state index in [-0.39, 0.29) is 12.7 Å². The maximum atomic E-state index is 10.6. The summed E-state index contributed by atoms with van der Waals surface area (Å²) >= 11 is 2.61. The maximum Gasteiger partial charge on any atom is 0.222 e. The van der Waals surface area contributed by atoms with E-state index in [0.717, 1.165) is 16.9 Å². The van der Waals surface area contributed by atoms with E-state index >= 15 is 0 Å². The Kier molecular flexibility index (Phi) is 5.65. The minimum Gasteiger partial charge on any atom is -0.467 e. The number of nitrogens with zero attached hydrogens (tertiary/aromatic N) is 3. The molecule has 2 heterocycles. The molecule has 0 radical (unpaired) electrons. The van der Waals surface area contributed by atoms with Crippen molar-refractivity contribution in [1.82, 2.24) is 9.97 Å². The summed E-state index contributed by atoms with van der Waals surface area (Å²) in [5.74, 6) is 1.15. The average molecular weight is 376 g/mol. The molecule has 1 aromatic carbocycles. The summed E-state index contributed by atoms with van der Waals surface area (Å²) < 4.78 is 10.7. The molecule has 0 aliphatic carbocycles. The van der Waals surface area contributed by atoms with Gasteiger partial charge in [-0.3, -0.25) is 0 Å². The first-order valence-electron chi connectivity index (χ1n) is 7.38. The number of nitriles is 1. The Morgan fingerprint density at radius 2 is 2.20 bits per heavy atom. The number of aliphatic hydroxyl groups excluding tert-OH is 1. The molecule has 1 atom stereocenters. The smallest absolute Gasteiger partial charge is 0.222 e. The van der Waals surface area contributed by atoms with Crippen LogP contribution in [0.4, 0.5) is 5.95 Å². The third-order valence-electron chi connectivity index (χ3n) is 3.62. The Bertz CT molecular complexity index is 826. The van der Waals surface area contributed by atoms with Crippen LogP contribution in [-0.4, -0.2) is 33.9 Å². The lowest BCUT2D eigenvalue weighted by atomic mass is 10.0. The summed E-state index contributed by atoms with van der Waals surface area (Å²) in [6.07, 6.45) is 1.06. The summed E-state index contributed by atoms with van der Waals surface area (Å²) in [5.41, 5.74) is 7.68. The zero-order valence-electron chi connectivity index (χ0n) is 13.4. The number of nitrogen functional groups attached to an aromatic ring is 1. The molecule has 25 heavy (non-hydrogen) atoms. The number of anilines is 1. The highest BCUT2D eigenvalue weighted by atomic mass is 32.2. The first-order valence-corrected chi connectivity index (χ1v) is 9.60. The molecule has 3 N–H and O–H groups in total. The van der Waals surface area contributed by atoms with E-state index in [1.165, 1.54) is 23.5 Å². The van der Waals surface area contributed by atoms with Crippen LogP contribution in [0.5, 0.6) is 5.75 Å². The molecule has 1 aromatic heterocycles. The Morgan fingerprint density at radius 1 is 1.40 bits per heavy atom. The van der Waals surface area contributed by atoms with Gasteiger partial charge in [-0.2, -0.15) is 5.26 Å². The standard InChI is InChI=1S/C16H16N4O3S2/c1-24-14-10(5-17)15(20-16(18)19-14)25-7-12(21)9-3-2-4-13-11(9)6-22-8-23-13/h2-4,12,21H,6-8H2,1H3,(H2,18,19,20). The second kappa shape index (κ2) is 7.93. The number of fused-ring (bicyclic) bond motifs is 1. The summed E-state index contributed by atoms with van der Waals surface area (Å²) in [4.78, 5) is 8.20. The predicted octanol–water partition coefficient (Wildman–Crippen LogP) is 2.34. The number of thioether (sulfide) groups is 2. The highest BCUT2D eigenvalue weighted by Gasteiger charge is 2.21. The minimum absolute atomic E-state index is 0.110. The molecule has 1 unspecified atom stereocenters. The Balaban J connectivity index is 1.81. The fourth-order valence-electron chi connectivity index (χ4n) is 2.47. The molecule has 1 aliphatic heterocycles. The largest absolute Gasteiger partial charge is 0.467 e. The van der Waals surface area contributed by atoms with Crippen molar-refractivity contribution in [3.63, 3.8) is 0 Å². The second-order valence-corrected chi connectivity index (χ2v) is 6.95. The highest BCUT2D eigenvalue weighted by molar-refractivity contribution is 7.99. The van der Waals surface area contributed by atoms with Crippen molar-refractivity contribution in [2.24, 2.45) is 0 Å². The summed E-state index contributed by atoms with van der Waals surface area (Å²) in [5, 5.41) is 21.0. The molecule has 0 bridgehead atoms. The number of benzene rings is 1. The number of aliphatic hydroxyl groups is 1. The molecule has 0 amide bonds. The van der Waals surface area contributed by atoms with Crippen molar-refractivity contribution >= 4 is 29.5 Å². The molecule has 0 saturated carbocycles. The third-order valence-corrected chi connectivity index (χ3v) is 5.35. The van der Waals surface area contributed by atoms with Gasteiger partial charge in [0.25, 0.3) is 0 Å². The molecule has 0 saturated heterocycles. The van der Waals surface area contributed by atoms with E-state index < -0.39 is 6.10 Å². The van der Waals surface area contributed by atoms with Crippen molar-refractivity contribution in [3.8, 4) is 11.8 Å². The molecule has 2 aromatic rings. The van der Waals surface area contributed by atoms with Crippen LogP contribution >= 0.6 is 23.5 Å². The number of nitrogens with two attached hydrogens (primary N) is 1. The van der Waals surface area contributed by atoms with Crippen LogP contribution in [0, 0.1) is 11.3 Å². The zero-order chi connectivity index (χ0) is 17.8. The number of rotatable bonds is 5. The van der Waals surface area contributed by atoms with Crippen LogP contribution in [0.3, 0.4) is 0 Å². The van der Waals surface area contributed by atoms with Crippen molar-refractivity contribution in [2.75, 3.05) is 24.5 Å². The molecule has 9 heteroatoms. The maximum absolute atomic E-state index is 10.6. The number of hydrogen-bond donors (Lipinski definition) is 2. The second-order valence-electron chi connectivity index (χ2n) is 5.14. The molecular weight excluding hydrogens is 360 g/mol. The number of ether oxygens (including phenoxy) is 2. The highest BCUT2D eigenvalue weighted by Crippen LogP contribution is 2.34. The zero-order valence-corrected chi connectivity index (χ0v) is 15.1. The van der Waals surface area contributed by atoms with Crippen molar-refractivity contribution in [2.45, 2.75) is 22.8 Å². The van der Waals surface area contributed by atoms with E-state index in [1.807, 2.05) is 24.5 Å². The van der Waals surface area contributed by atoms with Crippen LogP contribution in [0.15, 0.2) is 28.3 Å². The molecule has 7 nitrogen and oxygen atoms in total. The summed E-state index contributed by atoms with van der Waals surface area (Å²) in [7, 11) is 0. The minimum atomic E-state index is -0.759. The normalized spacial score (nSPS) is 14.3. The van der Waals surface area contributed by atoms with E-state index in [4.69, 9.17) is 15.2 Å². The van der Waals surface area contributed by atoms with E-state index in [2.05, 4.69) is 16.0 Å². The van der Waals surface area contributed by atoms with Crippen LogP contribution in [-0.2, 0) is 11.3 Å². The monoisotopic (exact) mass is 376 g/mol. The Morgan fingerprint density at radius 3 is 2.96 bits per heavy atom. The van der Waals surface area contributed by atoms with E-state index in [9.17, 15) is 10.4 Å². The number of hydrogen-bond acceptors (Lipinski definition) is 9. The van der Waals surface area contributed by atoms with Gasteiger partial charge < -0.3 is 20.3 Å². The molecule has 3 rings (SSSR count). The van der Waals surface area contributed by atoms with Gasteiger partial charge in [-0.25, -0.2) is 9.97 Å². The lowest BCUT2D eigenvalue weighted by Crippen LogP contribution is -2.15. The fourth-order valence-corrected chi connectivity index (χ4v) is 4.00. The van der Waals surface area contributed by atoms with Crippen LogP contribution in [0.25, 0.3) is 0 Å². The summed E-state index contributed by atoms with van der Waals surface area (Å²) in [6, 6.07) is 7.64. The molecule has 0 fully saturated rings. The van der Waals surface area contributed by atoms with Crippen LogP contribution in [0.2, 0.25) is 0 Å². The van der Waals surface area contributed by atoms with Gasteiger partial charge in [0.15, 0.2) is 6.79 Å². The molecule has 130 valence electrons. The molecule has 0 spiro atoms. The molecule has 1 aliphatic rings. The third kappa shape index (κ3) is 3.82. The van der Waals surface area contributed by atoms with Gasteiger partial charge in [-0.05, 0) is 17.9 Å². The topological polar surface area (TPSA) is 114 Å². The van der Waals surface area contributed by atoms with Crippen molar-refractivity contribution in [1.29, 1.82) is 5.26 Å². The van der Waals surface area contributed by atoms with Gasteiger partial charge in [0.1, 0.15) is 27.4 Å². The number of aromatic nitrogens is 2. The van der Waals surface area contributed by atoms with E-state index in [0.29, 0.717) is 28.0 Å². The van der Waals surface area contributed by atoms with Gasteiger partial charge in [-0.1, -0.05) is 12.1 Å². The fraction of sp³-hybridized carbons (Fsp3) is 0.312. The lowest BCUT2D eigenvalue weighted by Gasteiger charge is -2.22. The average Bonchev–Trinajstić information content (AvgIpc) is 2.65. The van der Waals surface area contributed by atoms with Crippen LogP contribution < -0.4 is 10.5 Å². The first kappa shape index (κ1) is 17.8. The van der Waals surface area contributed by atoms with E-state index in [1.54, 1.807) is 0 Å². The van der Waals surface area contributed by atoms with Gasteiger partial charge >= 0.3 is 0 Å². The SMILES string of the molecule is CSc1nc(N)nc(SCC(O)c2cccc3c2COCO3)c1C#N. The predicted molar refractivity (Wildman–Crippen MR) is 95.4 cm³/mol. The van der Waals surface area contributed by atoms with Gasteiger partial charge in [0, 0.05) is 11.3 Å².